The lowest BCUT2D eigenvalue weighted by Gasteiger charge is -2.26. The Balaban J connectivity index is 0.000000211. The molecule has 1 aliphatic heterocycles. The molecule has 0 spiro atoms. The van der Waals surface area contributed by atoms with E-state index in [4.69, 9.17) is 5.11 Å². The number of amides is 5. The van der Waals surface area contributed by atoms with Gasteiger partial charge in [-0.1, -0.05) is 6.92 Å². The van der Waals surface area contributed by atoms with Gasteiger partial charge in [0.1, 0.15) is 0 Å². The molecule has 1 aliphatic rings. The summed E-state index contributed by atoms with van der Waals surface area (Å²) in [7, 11) is 0. The highest BCUT2D eigenvalue weighted by atomic mass is 32.1. The minimum Gasteiger partial charge on any atom is -0.395 e. The zero-order chi connectivity index (χ0) is 21.2. The van der Waals surface area contributed by atoms with E-state index in [1.165, 1.54) is 9.71 Å². The van der Waals surface area contributed by atoms with Crippen molar-refractivity contribution in [2.45, 2.75) is 19.8 Å². The van der Waals surface area contributed by atoms with Gasteiger partial charge in [-0.25, -0.2) is 19.5 Å². The molecule has 1 aromatic heterocycles. The summed E-state index contributed by atoms with van der Waals surface area (Å²) in [5, 5.41) is 16.9. The van der Waals surface area contributed by atoms with Crippen molar-refractivity contribution in [2.75, 3.05) is 26.4 Å². The van der Waals surface area contributed by atoms with Gasteiger partial charge in [-0.05, 0) is 31.3 Å². The van der Waals surface area contributed by atoms with Gasteiger partial charge in [0.15, 0.2) is 0 Å². The number of urea groups is 2. The van der Waals surface area contributed by atoms with Crippen LogP contribution in [0.1, 0.15) is 18.4 Å². The Labute approximate surface area is 172 Å². The largest absolute Gasteiger partial charge is 0.395 e. The van der Waals surface area contributed by atoms with Crippen molar-refractivity contribution in [3.63, 3.8) is 0 Å². The van der Waals surface area contributed by atoms with Crippen LogP contribution in [-0.4, -0.2) is 66.0 Å². The number of aryl methyl sites for hydroxylation is 1. The number of hydrogen-bond donors (Lipinski definition) is 4. The molecule has 29 heavy (non-hydrogen) atoms. The lowest BCUT2D eigenvalue weighted by molar-refractivity contribution is -0.121. The summed E-state index contributed by atoms with van der Waals surface area (Å²) in [5.74, 6) is -0.319. The Morgan fingerprint density at radius 3 is 2.72 bits per heavy atom. The first-order chi connectivity index (χ1) is 14.0. The summed E-state index contributed by atoms with van der Waals surface area (Å²) in [6.07, 6.45) is 1.01. The van der Waals surface area contributed by atoms with Crippen molar-refractivity contribution in [3.8, 4) is 0 Å². The maximum absolute atomic E-state index is 11.2. The Bertz CT molecular complexity index is 868. The van der Waals surface area contributed by atoms with Gasteiger partial charge in [-0.15, -0.1) is 11.3 Å². The number of rotatable bonds is 7. The maximum atomic E-state index is 11.2. The number of aliphatic hydroxyl groups excluding tert-OH is 1. The molecule has 0 aliphatic carbocycles. The van der Waals surface area contributed by atoms with Gasteiger partial charge in [0.2, 0.25) is 5.91 Å². The topological polar surface area (TPSA) is 136 Å². The maximum Gasteiger partial charge on any atom is 0.326 e. The fraction of sp³-hybridized carbons (Fsp3) is 0.389. The number of aromatic nitrogens is 1. The quantitative estimate of drug-likeness (QED) is 0.502. The Hall–Kier alpha value is -3.05. The molecule has 4 N–H and O–H groups in total. The third-order valence-corrected chi connectivity index (χ3v) is 5.03. The summed E-state index contributed by atoms with van der Waals surface area (Å²) >= 11 is 1.73. The van der Waals surface area contributed by atoms with Crippen molar-refractivity contribution < 1.29 is 19.5 Å². The molecule has 156 valence electrons. The van der Waals surface area contributed by atoms with Gasteiger partial charge in [0.25, 0.3) is 0 Å². The van der Waals surface area contributed by atoms with Gasteiger partial charge in [-0.2, -0.15) is 0 Å². The first-order valence-corrected chi connectivity index (χ1v) is 9.87. The summed E-state index contributed by atoms with van der Waals surface area (Å²) in [5.41, 5.74) is 1.98. The van der Waals surface area contributed by atoms with E-state index in [9.17, 15) is 14.4 Å². The highest BCUT2D eigenvalue weighted by Crippen LogP contribution is 2.26. The third-order valence-electron chi connectivity index (χ3n) is 3.87. The van der Waals surface area contributed by atoms with Crippen molar-refractivity contribution in [2.24, 2.45) is 4.99 Å². The van der Waals surface area contributed by atoms with E-state index in [2.05, 4.69) is 39.6 Å². The van der Waals surface area contributed by atoms with Crippen molar-refractivity contribution in [1.29, 1.82) is 0 Å². The predicted octanol–water partition coefficient (Wildman–Crippen LogP) is 1.37. The average Bonchev–Trinajstić information content (AvgIpc) is 3.14. The van der Waals surface area contributed by atoms with Crippen molar-refractivity contribution >= 4 is 51.9 Å². The summed E-state index contributed by atoms with van der Waals surface area (Å²) in [6, 6.07) is 4.93. The van der Waals surface area contributed by atoms with E-state index >= 15 is 0 Å². The molecule has 2 heterocycles. The zero-order valence-corrected chi connectivity index (χ0v) is 16.9. The van der Waals surface area contributed by atoms with Crippen LogP contribution in [0, 0.1) is 0 Å². The van der Waals surface area contributed by atoms with E-state index in [-0.39, 0.29) is 38.7 Å². The fourth-order valence-corrected chi connectivity index (χ4v) is 3.33. The summed E-state index contributed by atoms with van der Waals surface area (Å²) in [6.45, 7) is 5.75. The number of carbonyl (C=O) groups is 3. The van der Waals surface area contributed by atoms with E-state index < -0.39 is 12.1 Å². The smallest absolute Gasteiger partial charge is 0.326 e. The number of fused-ring (bicyclic) bond motifs is 1. The standard InChI is InChI=1S/C10H10N2S.C8H14N4O4/c1-3-10-12-8-5-4-7(11-2)6-9(8)13-10;13-4-2-9-6(14)1-3-12-7(15)10-5-11-8(12)16/h4-6H,2-3H2,1H3;13H,1-5H2,(H,9,14)(H,10,15)(H,11,16). The molecule has 1 saturated heterocycles. The number of carbonyl (C=O) groups excluding carboxylic acids is 3. The monoisotopic (exact) mass is 420 g/mol. The third kappa shape index (κ3) is 6.50. The first kappa shape index (κ1) is 22.2. The van der Waals surface area contributed by atoms with Gasteiger partial charge in [-0.3, -0.25) is 9.79 Å². The van der Waals surface area contributed by atoms with E-state index in [1.54, 1.807) is 11.3 Å². The summed E-state index contributed by atoms with van der Waals surface area (Å²) in [4.78, 5) is 42.8. The molecule has 10 nitrogen and oxygen atoms in total. The second-order valence-electron chi connectivity index (χ2n) is 5.89. The van der Waals surface area contributed by atoms with E-state index in [1.807, 2.05) is 18.2 Å². The van der Waals surface area contributed by atoms with Crippen LogP contribution < -0.4 is 16.0 Å². The van der Waals surface area contributed by atoms with Crippen molar-refractivity contribution in [3.05, 3.63) is 23.2 Å². The molecule has 0 bridgehead atoms. The minimum absolute atomic E-state index is 0.00886. The normalized spacial score (nSPS) is 13.2. The Morgan fingerprint density at radius 2 is 2.10 bits per heavy atom. The molecule has 1 aromatic carbocycles. The number of benzene rings is 1. The van der Waals surface area contributed by atoms with Crippen LogP contribution in [0.15, 0.2) is 23.2 Å². The first-order valence-electron chi connectivity index (χ1n) is 9.05. The second kappa shape index (κ2) is 11.1. The molecule has 3 rings (SSSR count). The molecule has 11 heteroatoms. The van der Waals surface area contributed by atoms with Crippen LogP contribution in [0.25, 0.3) is 10.2 Å². The van der Waals surface area contributed by atoms with Gasteiger partial charge in [0, 0.05) is 19.5 Å². The second-order valence-corrected chi connectivity index (χ2v) is 7.00. The van der Waals surface area contributed by atoms with E-state index in [0.29, 0.717) is 0 Å². The lowest BCUT2D eigenvalue weighted by atomic mass is 10.3. The Kier molecular flexibility index (Phi) is 8.49. The average molecular weight is 420 g/mol. The van der Waals surface area contributed by atoms with Crippen LogP contribution in [0.4, 0.5) is 15.3 Å². The molecule has 1 fully saturated rings. The SMILES string of the molecule is C=Nc1ccc2nc(CC)sc2c1.O=C(CCN1C(=O)NCNC1=O)NCCO. The number of nitrogens with one attached hydrogen (secondary N) is 3. The molecule has 0 radical (unpaired) electrons. The molecule has 0 atom stereocenters. The highest BCUT2D eigenvalue weighted by molar-refractivity contribution is 7.18. The number of aliphatic imine (C=N–C) groups is 1. The summed E-state index contributed by atoms with van der Waals surface area (Å²) < 4.78 is 1.20. The van der Waals surface area contributed by atoms with Crippen LogP contribution in [-0.2, 0) is 11.2 Å². The molecule has 5 amide bonds. The lowest BCUT2D eigenvalue weighted by Crippen LogP contribution is -2.58. The number of thiazole rings is 1. The van der Waals surface area contributed by atoms with E-state index in [0.717, 1.165) is 22.5 Å². The molecular formula is C18H24N6O4S. The fourth-order valence-electron chi connectivity index (χ4n) is 2.39. The number of nitrogens with zero attached hydrogens (tertiary/aromatic N) is 3. The molecule has 0 saturated carbocycles. The van der Waals surface area contributed by atoms with Crippen LogP contribution in [0.2, 0.25) is 0 Å². The molecule has 2 aromatic rings. The van der Waals surface area contributed by atoms with Gasteiger partial charge >= 0.3 is 12.1 Å². The predicted molar refractivity (Wildman–Crippen MR) is 112 cm³/mol. The number of aliphatic hydroxyl groups is 1. The zero-order valence-electron chi connectivity index (χ0n) is 16.1. The van der Waals surface area contributed by atoms with Crippen LogP contribution in [0.5, 0.6) is 0 Å². The van der Waals surface area contributed by atoms with Crippen LogP contribution >= 0.6 is 11.3 Å². The number of imide groups is 1. The van der Waals surface area contributed by atoms with Crippen molar-refractivity contribution in [1.82, 2.24) is 25.8 Å². The van der Waals surface area contributed by atoms with Gasteiger partial charge in [0.05, 0.1) is 34.2 Å². The molecule has 0 unspecified atom stereocenters. The van der Waals surface area contributed by atoms with Crippen LogP contribution in [0.3, 0.4) is 0 Å². The Morgan fingerprint density at radius 1 is 1.38 bits per heavy atom. The molecular weight excluding hydrogens is 396 g/mol. The number of hydrogen-bond acceptors (Lipinski definition) is 7. The van der Waals surface area contributed by atoms with Gasteiger partial charge < -0.3 is 21.1 Å². The highest BCUT2D eigenvalue weighted by Gasteiger charge is 2.25. The minimum atomic E-state index is -0.515.